The number of hydrogen-bond acceptors (Lipinski definition) is 5. The standard InChI is InChI=1S/C18H24N4O3S/c1-4-22-14(2)18(13-19-22)26(24,25)21-11-9-20(10-12-21)17-7-5-16(6-8-17)15(3)23/h5-8,13H,4,9-12H2,1-3H3. The molecule has 0 amide bonds. The van der Waals surface area contributed by atoms with E-state index < -0.39 is 10.0 Å². The molecule has 2 aromatic rings. The molecule has 8 heteroatoms. The number of hydrogen-bond donors (Lipinski definition) is 0. The molecule has 0 atom stereocenters. The van der Waals surface area contributed by atoms with E-state index in [0.29, 0.717) is 48.9 Å². The molecule has 1 aliphatic heterocycles. The number of Topliss-reactive ketones (excluding diaryl/α,β-unsaturated/α-hetero) is 1. The van der Waals surface area contributed by atoms with Crippen molar-refractivity contribution in [3.8, 4) is 0 Å². The summed E-state index contributed by atoms with van der Waals surface area (Å²) in [6.07, 6.45) is 1.45. The van der Waals surface area contributed by atoms with Crippen molar-refractivity contribution in [1.29, 1.82) is 0 Å². The molecule has 3 rings (SSSR count). The topological polar surface area (TPSA) is 75.5 Å². The van der Waals surface area contributed by atoms with Crippen molar-refractivity contribution in [3.05, 3.63) is 41.7 Å². The van der Waals surface area contributed by atoms with Crippen LogP contribution in [0.2, 0.25) is 0 Å². The van der Waals surface area contributed by atoms with E-state index in [-0.39, 0.29) is 5.78 Å². The second kappa shape index (κ2) is 7.20. The van der Waals surface area contributed by atoms with Crippen LogP contribution in [-0.2, 0) is 16.6 Å². The molecule has 0 spiro atoms. The molecule has 0 saturated carbocycles. The Morgan fingerprint density at radius 2 is 1.73 bits per heavy atom. The fourth-order valence-electron chi connectivity index (χ4n) is 3.23. The SMILES string of the molecule is CCn1ncc(S(=O)(=O)N2CCN(c3ccc(C(C)=O)cc3)CC2)c1C. The van der Waals surface area contributed by atoms with Crippen molar-refractivity contribution in [2.24, 2.45) is 0 Å². The van der Waals surface area contributed by atoms with Gasteiger partial charge in [-0.1, -0.05) is 0 Å². The Bertz CT molecular complexity index is 895. The van der Waals surface area contributed by atoms with Gasteiger partial charge in [-0.25, -0.2) is 8.42 Å². The highest BCUT2D eigenvalue weighted by atomic mass is 32.2. The number of carbonyl (C=O) groups excluding carboxylic acids is 1. The summed E-state index contributed by atoms with van der Waals surface area (Å²) in [6, 6.07) is 7.44. The zero-order valence-corrected chi connectivity index (χ0v) is 16.2. The Balaban J connectivity index is 1.71. The van der Waals surface area contributed by atoms with E-state index in [2.05, 4.69) is 10.00 Å². The zero-order valence-electron chi connectivity index (χ0n) is 15.3. The summed E-state index contributed by atoms with van der Waals surface area (Å²) in [5, 5.41) is 4.15. The van der Waals surface area contributed by atoms with Gasteiger partial charge < -0.3 is 4.90 Å². The third-order valence-electron chi connectivity index (χ3n) is 4.85. The van der Waals surface area contributed by atoms with Gasteiger partial charge in [0.05, 0.1) is 11.9 Å². The average molecular weight is 376 g/mol. The highest BCUT2D eigenvalue weighted by molar-refractivity contribution is 7.89. The Morgan fingerprint density at radius 3 is 2.23 bits per heavy atom. The van der Waals surface area contributed by atoms with E-state index in [1.54, 1.807) is 18.5 Å². The van der Waals surface area contributed by atoms with Crippen molar-refractivity contribution in [1.82, 2.24) is 14.1 Å². The first-order valence-corrected chi connectivity index (χ1v) is 10.2. The van der Waals surface area contributed by atoms with Crippen LogP contribution in [0.4, 0.5) is 5.69 Å². The fraction of sp³-hybridized carbons (Fsp3) is 0.444. The van der Waals surface area contributed by atoms with Crippen molar-refractivity contribution in [3.63, 3.8) is 0 Å². The van der Waals surface area contributed by atoms with Gasteiger partial charge in [0.1, 0.15) is 4.90 Å². The van der Waals surface area contributed by atoms with Crippen LogP contribution in [0, 0.1) is 6.92 Å². The van der Waals surface area contributed by atoms with Crippen LogP contribution >= 0.6 is 0 Å². The first kappa shape index (κ1) is 18.6. The highest BCUT2D eigenvalue weighted by Crippen LogP contribution is 2.23. The van der Waals surface area contributed by atoms with E-state index in [1.807, 2.05) is 31.2 Å². The first-order valence-electron chi connectivity index (χ1n) is 8.73. The molecular weight excluding hydrogens is 352 g/mol. The Labute approximate surface area is 154 Å². The van der Waals surface area contributed by atoms with E-state index in [1.165, 1.54) is 10.5 Å². The van der Waals surface area contributed by atoms with Gasteiger partial charge >= 0.3 is 0 Å². The second-order valence-electron chi connectivity index (χ2n) is 6.40. The summed E-state index contributed by atoms with van der Waals surface area (Å²) in [6.45, 7) is 7.98. The molecule has 26 heavy (non-hydrogen) atoms. The van der Waals surface area contributed by atoms with Crippen LogP contribution in [0.1, 0.15) is 29.9 Å². The van der Waals surface area contributed by atoms with E-state index in [9.17, 15) is 13.2 Å². The normalized spacial score (nSPS) is 16.0. The van der Waals surface area contributed by atoms with Crippen LogP contribution < -0.4 is 4.90 Å². The molecule has 0 N–H and O–H groups in total. The van der Waals surface area contributed by atoms with E-state index in [0.717, 1.165) is 5.69 Å². The molecule has 140 valence electrons. The monoisotopic (exact) mass is 376 g/mol. The molecular formula is C18H24N4O3S. The molecule has 0 unspecified atom stereocenters. The zero-order chi connectivity index (χ0) is 18.9. The summed E-state index contributed by atoms with van der Waals surface area (Å²) >= 11 is 0. The van der Waals surface area contributed by atoms with Crippen molar-refractivity contribution in [2.45, 2.75) is 32.2 Å². The predicted octanol–water partition coefficient (Wildman–Crippen LogP) is 1.92. The van der Waals surface area contributed by atoms with Crippen LogP contribution in [0.3, 0.4) is 0 Å². The fourth-order valence-corrected chi connectivity index (χ4v) is 4.82. The Kier molecular flexibility index (Phi) is 5.15. The highest BCUT2D eigenvalue weighted by Gasteiger charge is 2.31. The molecule has 2 heterocycles. The smallest absolute Gasteiger partial charge is 0.246 e. The summed E-state index contributed by atoms with van der Waals surface area (Å²) in [5.74, 6) is 0.0375. The number of carbonyl (C=O) groups is 1. The van der Waals surface area contributed by atoms with Gasteiger partial charge in [0.25, 0.3) is 0 Å². The molecule has 1 fully saturated rings. The van der Waals surface area contributed by atoms with E-state index in [4.69, 9.17) is 0 Å². The van der Waals surface area contributed by atoms with Crippen molar-refractivity contribution >= 4 is 21.5 Å². The third-order valence-corrected chi connectivity index (χ3v) is 6.85. The van der Waals surface area contributed by atoms with Gasteiger partial charge in [-0.2, -0.15) is 9.40 Å². The molecule has 7 nitrogen and oxygen atoms in total. The number of benzene rings is 1. The summed E-state index contributed by atoms with van der Waals surface area (Å²) in [7, 11) is -3.53. The van der Waals surface area contributed by atoms with Crippen LogP contribution in [0.5, 0.6) is 0 Å². The van der Waals surface area contributed by atoms with Gasteiger partial charge in [-0.15, -0.1) is 0 Å². The summed E-state index contributed by atoms with van der Waals surface area (Å²) in [5.41, 5.74) is 2.36. The molecule has 0 bridgehead atoms. The minimum Gasteiger partial charge on any atom is -0.369 e. The number of nitrogens with zero attached hydrogens (tertiary/aromatic N) is 4. The predicted molar refractivity (Wildman–Crippen MR) is 100 cm³/mol. The minimum absolute atomic E-state index is 0.0375. The third kappa shape index (κ3) is 3.39. The van der Waals surface area contributed by atoms with Gasteiger partial charge in [0, 0.05) is 44.0 Å². The average Bonchev–Trinajstić information content (AvgIpc) is 3.03. The van der Waals surface area contributed by atoms with Gasteiger partial charge in [-0.3, -0.25) is 9.48 Å². The number of sulfonamides is 1. The number of ketones is 1. The van der Waals surface area contributed by atoms with E-state index >= 15 is 0 Å². The van der Waals surface area contributed by atoms with Crippen molar-refractivity contribution < 1.29 is 13.2 Å². The largest absolute Gasteiger partial charge is 0.369 e. The summed E-state index contributed by atoms with van der Waals surface area (Å²) in [4.78, 5) is 13.8. The molecule has 1 aromatic carbocycles. The minimum atomic E-state index is -3.53. The summed E-state index contributed by atoms with van der Waals surface area (Å²) < 4.78 is 29.1. The second-order valence-corrected chi connectivity index (χ2v) is 8.31. The van der Waals surface area contributed by atoms with Crippen LogP contribution in [0.25, 0.3) is 0 Å². The molecule has 1 aliphatic rings. The number of aromatic nitrogens is 2. The maximum atomic E-state index is 12.9. The molecule has 0 aliphatic carbocycles. The number of anilines is 1. The van der Waals surface area contributed by atoms with Gasteiger partial charge in [0.2, 0.25) is 10.0 Å². The van der Waals surface area contributed by atoms with Crippen LogP contribution in [-0.4, -0.2) is 54.5 Å². The lowest BCUT2D eigenvalue weighted by atomic mass is 10.1. The quantitative estimate of drug-likeness (QED) is 0.746. The molecule has 1 aromatic heterocycles. The van der Waals surface area contributed by atoms with Gasteiger partial charge in [0.15, 0.2) is 5.78 Å². The van der Waals surface area contributed by atoms with Crippen molar-refractivity contribution in [2.75, 3.05) is 31.1 Å². The maximum absolute atomic E-state index is 12.9. The maximum Gasteiger partial charge on any atom is 0.246 e. The van der Waals surface area contributed by atoms with Gasteiger partial charge in [-0.05, 0) is 45.0 Å². The van der Waals surface area contributed by atoms with Crippen LogP contribution in [0.15, 0.2) is 35.4 Å². The number of rotatable bonds is 5. The lowest BCUT2D eigenvalue weighted by molar-refractivity contribution is 0.101. The Hall–Kier alpha value is -2.19. The first-order chi connectivity index (χ1) is 12.3. The number of aryl methyl sites for hydroxylation is 1. The number of piperazine rings is 1. The lowest BCUT2D eigenvalue weighted by Gasteiger charge is -2.35. The molecule has 1 saturated heterocycles. The Morgan fingerprint density at radius 1 is 1.12 bits per heavy atom. The lowest BCUT2D eigenvalue weighted by Crippen LogP contribution is -2.48. The molecule has 0 radical (unpaired) electrons.